The molecular formula is C48H40N3OPt-. The summed E-state index contributed by atoms with van der Waals surface area (Å²) in [5.74, 6) is 0.846. The third-order valence-electron chi connectivity index (χ3n) is 9.75. The van der Waals surface area contributed by atoms with E-state index >= 15 is 0 Å². The van der Waals surface area contributed by atoms with Crippen LogP contribution in [0.15, 0.2) is 146 Å². The number of benzene rings is 6. The Morgan fingerprint density at radius 3 is 2.06 bits per heavy atom. The van der Waals surface area contributed by atoms with Crippen LogP contribution in [0.25, 0.3) is 72.7 Å². The fourth-order valence-corrected chi connectivity index (χ4v) is 6.89. The van der Waals surface area contributed by atoms with Crippen molar-refractivity contribution in [2.24, 2.45) is 0 Å². The fraction of sp³-hybridized carbons (Fsp3) is 0.125. The van der Waals surface area contributed by atoms with Gasteiger partial charge in [0.1, 0.15) is 11.6 Å². The van der Waals surface area contributed by atoms with Gasteiger partial charge in [-0.25, -0.2) is 4.98 Å². The zero-order valence-electron chi connectivity index (χ0n) is 30.5. The Labute approximate surface area is 326 Å². The van der Waals surface area contributed by atoms with Crippen molar-refractivity contribution in [3.63, 3.8) is 0 Å². The van der Waals surface area contributed by atoms with E-state index in [2.05, 4.69) is 154 Å². The van der Waals surface area contributed by atoms with Crippen molar-refractivity contribution in [1.29, 1.82) is 0 Å². The Morgan fingerprint density at radius 1 is 0.604 bits per heavy atom. The Kier molecular flexibility index (Phi) is 9.76. The molecule has 0 aliphatic heterocycles. The number of hydrogen-bond donors (Lipinski definition) is 1. The molecule has 8 aromatic rings. The van der Waals surface area contributed by atoms with E-state index in [1.54, 1.807) is 6.07 Å². The van der Waals surface area contributed by atoms with E-state index in [-0.39, 0.29) is 32.2 Å². The minimum Gasteiger partial charge on any atom is -0.507 e. The summed E-state index contributed by atoms with van der Waals surface area (Å²) in [6.45, 7) is 10.9. The van der Waals surface area contributed by atoms with Crippen LogP contribution in [0.5, 0.6) is 5.75 Å². The van der Waals surface area contributed by atoms with Gasteiger partial charge < -0.3 is 5.11 Å². The molecular weight excluding hydrogens is 830 g/mol. The number of para-hydroxylation sites is 2. The summed E-state index contributed by atoms with van der Waals surface area (Å²) in [4.78, 5) is 10.2. The number of pyridine rings is 1. The molecule has 0 atom stereocenters. The molecule has 2 aromatic heterocycles. The summed E-state index contributed by atoms with van der Waals surface area (Å²) in [5, 5.41) is 11.2. The van der Waals surface area contributed by atoms with Crippen molar-refractivity contribution in [3.8, 4) is 67.5 Å². The Hall–Kier alpha value is -5.57. The predicted molar refractivity (Wildman–Crippen MR) is 215 cm³/mol. The Balaban J connectivity index is 0.00000435. The van der Waals surface area contributed by atoms with E-state index in [4.69, 9.17) is 9.97 Å². The number of phenolic OH excluding ortho intramolecular Hbond substituents is 1. The average molecular weight is 870 g/mol. The topological polar surface area (TPSA) is 50.9 Å². The number of rotatable bonds is 6. The molecule has 2 heterocycles. The van der Waals surface area contributed by atoms with Crippen molar-refractivity contribution >= 4 is 11.0 Å². The van der Waals surface area contributed by atoms with Crippen molar-refractivity contribution < 1.29 is 26.2 Å². The van der Waals surface area contributed by atoms with Gasteiger partial charge in [0.25, 0.3) is 0 Å². The molecule has 0 amide bonds. The van der Waals surface area contributed by atoms with Crippen LogP contribution in [0.3, 0.4) is 0 Å². The van der Waals surface area contributed by atoms with Crippen LogP contribution >= 0.6 is 0 Å². The van der Waals surface area contributed by atoms with E-state index in [0.717, 1.165) is 66.9 Å². The van der Waals surface area contributed by atoms with E-state index in [9.17, 15) is 5.11 Å². The molecule has 5 heteroatoms. The molecule has 53 heavy (non-hydrogen) atoms. The van der Waals surface area contributed by atoms with Crippen LogP contribution in [0.2, 0.25) is 0 Å². The molecule has 0 saturated heterocycles. The molecule has 0 spiro atoms. The van der Waals surface area contributed by atoms with Crippen LogP contribution in [0.1, 0.15) is 37.5 Å². The van der Waals surface area contributed by atoms with Crippen molar-refractivity contribution in [1.82, 2.24) is 14.5 Å². The van der Waals surface area contributed by atoms with Gasteiger partial charge in [-0.1, -0.05) is 134 Å². The van der Waals surface area contributed by atoms with Gasteiger partial charge in [-0.2, -0.15) is 0 Å². The second-order valence-corrected chi connectivity index (χ2v) is 14.6. The van der Waals surface area contributed by atoms with Gasteiger partial charge >= 0.3 is 0 Å². The van der Waals surface area contributed by atoms with Crippen molar-refractivity contribution in [2.75, 3.05) is 0 Å². The predicted octanol–water partition coefficient (Wildman–Crippen LogP) is 12.2. The van der Waals surface area contributed by atoms with Gasteiger partial charge in [0.05, 0.1) is 22.3 Å². The SMILES string of the molecule is Cc1ccc(-c2ccnc(-c3[c-]c(-c4cccc5c4nc(-c4ccccc4O)n5-c4ccc(C)cc4-c4ccccc4)cc(C(C)(C)C)c3)c2)cc1.[Pt]. The standard InChI is InChI=1S/C48H40N3O.Pt/c1-31-18-21-33(22-19-31)35-24-25-49-42(30-35)37-27-36(28-38(29-37)48(3,4)5)39-15-11-16-44-46(39)50-47(40-14-9-10-17-45(40)52)51(44)43-23-20-32(2)26-41(43)34-12-7-6-8-13-34;/h6-26,28-30,52H,1-5H3;/q-1;. The molecule has 6 aromatic carbocycles. The van der Waals surface area contributed by atoms with Crippen LogP contribution in [-0.2, 0) is 26.5 Å². The first kappa shape index (κ1) is 35.8. The molecule has 0 aliphatic carbocycles. The molecule has 8 rings (SSSR count). The zero-order chi connectivity index (χ0) is 36.0. The maximum atomic E-state index is 11.2. The third-order valence-corrected chi connectivity index (χ3v) is 9.75. The van der Waals surface area contributed by atoms with Crippen LogP contribution in [-0.4, -0.2) is 19.6 Å². The second-order valence-electron chi connectivity index (χ2n) is 14.6. The maximum Gasteiger partial charge on any atom is 0.148 e. The largest absolute Gasteiger partial charge is 0.507 e. The minimum absolute atomic E-state index is 0. The molecule has 0 aliphatic rings. The van der Waals surface area contributed by atoms with Crippen LogP contribution < -0.4 is 0 Å². The Morgan fingerprint density at radius 2 is 1.30 bits per heavy atom. The molecule has 4 nitrogen and oxygen atoms in total. The quantitative estimate of drug-likeness (QED) is 0.169. The summed E-state index contributed by atoms with van der Waals surface area (Å²) < 4.78 is 2.19. The number of aryl methyl sites for hydroxylation is 2. The van der Waals surface area contributed by atoms with E-state index in [1.807, 2.05) is 30.5 Å². The fourth-order valence-electron chi connectivity index (χ4n) is 6.89. The van der Waals surface area contributed by atoms with E-state index in [0.29, 0.717) is 11.4 Å². The van der Waals surface area contributed by atoms with Crippen molar-refractivity contribution in [3.05, 3.63) is 168 Å². The van der Waals surface area contributed by atoms with Gasteiger partial charge in [0, 0.05) is 38.5 Å². The first-order chi connectivity index (χ1) is 25.1. The van der Waals surface area contributed by atoms with Crippen LogP contribution in [0, 0.1) is 19.9 Å². The summed E-state index contributed by atoms with van der Waals surface area (Å²) in [7, 11) is 0. The molecule has 0 saturated carbocycles. The van der Waals surface area contributed by atoms with Crippen LogP contribution in [0.4, 0.5) is 0 Å². The monoisotopic (exact) mass is 869 g/mol. The molecule has 1 N–H and O–H groups in total. The summed E-state index contributed by atoms with van der Waals surface area (Å²) in [6.07, 6.45) is 1.88. The zero-order valence-corrected chi connectivity index (χ0v) is 32.7. The molecule has 0 radical (unpaired) electrons. The number of phenols is 1. The first-order valence-corrected chi connectivity index (χ1v) is 17.7. The van der Waals surface area contributed by atoms with Crippen molar-refractivity contribution in [2.45, 2.75) is 40.0 Å². The van der Waals surface area contributed by atoms with Gasteiger partial charge in [-0.3, -0.25) is 9.55 Å². The molecule has 0 bridgehead atoms. The maximum absolute atomic E-state index is 11.2. The van der Waals surface area contributed by atoms with Gasteiger partial charge in [-0.05, 0) is 72.4 Å². The van der Waals surface area contributed by atoms with Gasteiger partial charge in [-0.15, -0.1) is 29.3 Å². The number of fused-ring (bicyclic) bond motifs is 1. The summed E-state index contributed by atoms with van der Waals surface area (Å²) >= 11 is 0. The smallest absolute Gasteiger partial charge is 0.148 e. The normalized spacial score (nSPS) is 11.4. The minimum atomic E-state index is -0.131. The third kappa shape index (κ3) is 7.00. The summed E-state index contributed by atoms with van der Waals surface area (Å²) in [6, 6.07) is 51.8. The second kappa shape index (κ2) is 14.5. The number of hydrogen-bond acceptors (Lipinski definition) is 3. The number of imidazole rings is 1. The molecule has 0 unspecified atom stereocenters. The number of nitrogens with zero attached hydrogens (tertiary/aromatic N) is 3. The van der Waals surface area contributed by atoms with E-state index in [1.165, 1.54) is 11.1 Å². The molecule has 0 fully saturated rings. The van der Waals surface area contributed by atoms with E-state index < -0.39 is 0 Å². The number of aromatic nitrogens is 3. The number of aromatic hydroxyl groups is 1. The molecule has 264 valence electrons. The van der Waals surface area contributed by atoms with Gasteiger partial charge in [0.15, 0.2) is 0 Å². The Bertz CT molecular complexity index is 2580. The average Bonchev–Trinajstić information content (AvgIpc) is 3.54. The summed E-state index contributed by atoms with van der Waals surface area (Å²) in [5.41, 5.74) is 15.0. The van der Waals surface area contributed by atoms with Gasteiger partial charge in [0.2, 0.25) is 0 Å². The first-order valence-electron chi connectivity index (χ1n) is 17.7.